The number of fused-ring (bicyclic) bond motifs is 1. The normalized spacial score (nSPS) is 11.0. The van der Waals surface area contributed by atoms with Gasteiger partial charge in [0.2, 0.25) is 4.96 Å². The maximum atomic E-state index is 5.92. The summed E-state index contributed by atoms with van der Waals surface area (Å²) in [5.74, 6) is 0.801. The summed E-state index contributed by atoms with van der Waals surface area (Å²) in [6.45, 7) is 2.53. The van der Waals surface area contributed by atoms with Gasteiger partial charge in [-0.2, -0.15) is 9.61 Å². The first kappa shape index (κ1) is 11.4. The van der Waals surface area contributed by atoms with Gasteiger partial charge < -0.3 is 5.32 Å². The number of halogens is 1. The van der Waals surface area contributed by atoms with Crippen molar-refractivity contribution in [2.75, 3.05) is 5.32 Å². The summed E-state index contributed by atoms with van der Waals surface area (Å²) in [7, 11) is 0. The van der Waals surface area contributed by atoms with Crippen molar-refractivity contribution in [2.24, 2.45) is 0 Å². The van der Waals surface area contributed by atoms with E-state index >= 15 is 0 Å². The number of hydrogen-bond donors (Lipinski definition) is 1. The molecule has 0 amide bonds. The van der Waals surface area contributed by atoms with Crippen LogP contribution >= 0.6 is 22.9 Å². The first-order valence-electron chi connectivity index (χ1n) is 5.39. The third-order valence-corrected chi connectivity index (χ3v) is 3.59. The van der Waals surface area contributed by atoms with Gasteiger partial charge in [0.1, 0.15) is 5.01 Å². The Morgan fingerprint density at radius 3 is 3.06 bits per heavy atom. The highest BCUT2D eigenvalue weighted by atomic mass is 35.5. The molecular weight excluding hydrogens is 270 g/mol. The van der Waals surface area contributed by atoms with Crippen molar-refractivity contribution < 1.29 is 0 Å². The van der Waals surface area contributed by atoms with Crippen LogP contribution in [0.2, 0.25) is 5.02 Å². The molecule has 0 saturated heterocycles. The van der Waals surface area contributed by atoms with E-state index in [4.69, 9.17) is 11.6 Å². The monoisotopic (exact) mass is 279 g/mol. The largest absolute Gasteiger partial charge is 0.378 e. The van der Waals surface area contributed by atoms with Crippen LogP contribution in [0.3, 0.4) is 0 Å². The van der Waals surface area contributed by atoms with Crippen LogP contribution in [0.15, 0.2) is 24.3 Å². The first-order chi connectivity index (χ1) is 8.72. The number of hydrogen-bond acceptors (Lipinski definition) is 5. The smallest absolute Gasteiger partial charge is 0.234 e. The molecule has 0 aliphatic carbocycles. The zero-order chi connectivity index (χ0) is 12.5. The van der Waals surface area contributed by atoms with E-state index in [9.17, 15) is 0 Å². The highest BCUT2D eigenvalue weighted by Gasteiger charge is 2.08. The molecule has 0 aliphatic rings. The number of nitrogens with zero attached hydrogens (tertiary/aromatic N) is 4. The Balaban J connectivity index is 1.76. The van der Waals surface area contributed by atoms with Crippen LogP contribution in [0.25, 0.3) is 4.96 Å². The Morgan fingerprint density at radius 1 is 1.39 bits per heavy atom. The second-order valence-electron chi connectivity index (χ2n) is 3.80. The molecule has 3 rings (SSSR count). The Kier molecular flexibility index (Phi) is 2.89. The Bertz CT molecular complexity index is 690. The molecule has 0 saturated carbocycles. The second kappa shape index (κ2) is 4.55. The molecule has 0 atom stereocenters. The molecule has 2 heterocycles. The Hall–Kier alpha value is -1.66. The van der Waals surface area contributed by atoms with Crippen molar-refractivity contribution in [3.63, 3.8) is 0 Å². The fraction of sp³-hybridized carbons (Fsp3) is 0.182. The minimum absolute atomic E-state index is 0.647. The lowest BCUT2D eigenvalue weighted by molar-refractivity contribution is 0.860. The summed E-state index contributed by atoms with van der Waals surface area (Å²) in [6.07, 6.45) is 0. The predicted octanol–water partition coefficient (Wildman–Crippen LogP) is 2.76. The predicted molar refractivity (Wildman–Crippen MR) is 72.2 cm³/mol. The van der Waals surface area contributed by atoms with Crippen LogP contribution in [-0.4, -0.2) is 19.8 Å². The van der Waals surface area contributed by atoms with Gasteiger partial charge in [0.15, 0.2) is 5.82 Å². The van der Waals surface area contributed by atoms with Gasteiger partial charge in [-0.25, -0.2) is 0 Å². The van der Waals surface area contributed by atoms with Gasteiger partial charge in [0.25, 0.3) is 0 Å². The molecule has 0 bridgehead atoms. The highest BCUT2D eigenvalue weighted by Crippen LogP contribution is 2.18. The van der Waals surface area contributed by atoms with Gasteiger partial charge in [-0.1, -0.05) is 29.0 Å². The topological polar surface area (TPSA) is 55.1 Å². The number of aryl methyl sites for hydroxylation is 1. The number of nitrogens with one attached hydrogen (secondary N) is 1. The molecule has 1 aromatic carbocycles. The second-order valence-corrected chi connectivity index (χ2v) is 5.28. The highest BCUT2D eigenvalue weighted by molar-refractivity contribution is 7.16. The molecule has 1 N–H and O–H groups in total. The molecule has 0 radical (unpaired) electrons. The molecular formula is C11H10ClN5S. The molecule has 0 spiro atoms. The Labute approximate surface area is 112 Å². The first-order valence-corrected chi connectivity index (χ1v) is 6.59. The van der Waals surface area contributed by atoms with E-state index in [1.807, 2.05) is 31.2 Å². The SMILES string of the molecule is Cc1nnc2sc(CNc3cccc(Cl)c3)nn12. The van der Waals surface area contributed by atoms with Gasteiger partial charge in [-0.05, 0) is 25.1 Å². The molecule has 5 nitrogen and oxygen atoms in total. The van der Waals surface area contributed by atoms with E-state index < -0.39 is 0 Å². The summed E-state index contributed by atoms with van der Waals surface area (Å²) < 4.78 is 1.75. The van der Waals surface area contributed by atoms with Crippen molar-refractivity contribution in [3.05, 3.63) is 40.1 Å². The van der Waals surface area contributed by atoms with Crippen molar-refractivity contribution in [1.29, 1.82) is 0 Å². The van der Waals surface area contributed by atoms with Gasteiger partial charge in [0, 0.05) is 10.7 Å². The van der Waals surface area contributed by atoms with Crippen LogP contribution < -0.4 is 5.32 Å². The van der Waals surface area contributed by atoms with Crippen LogP contribution in [0.4, 0.5) is 5.69 Å². The van der Waals surface area contributed by atoms with Crippen molar-refractivity contribution in [1.82, 2.24) is 19.8 Å². The maximum absolute atomic E-state index is 5.92. The molecule has 0 aliphatic heterocycles. The van der Waals surface area contributed by atoms with Crippen molar-refractivity contribution in [3.8, 4) is 0 Å². The van der Waals surface area contributed by atoms with E-state index in [0.717, 1.165) is 21.5 Å². The fourth-order valence-corrected chi connectivity index (χ4v) is 2.61. The zero-order valence-corrected chi connectivity index (χ0v) is 11.2. The Morgan fingerprint density at radius 2 is 2.28 bits per heavy atom. The van der Waals surface area contributed by atoms with Gasteiger partial charge >= 0.3 is 0 Å². The summed E-state index contributed by atoms with van der Waals surface area (Å²) in [5, 5.41) is 17.4. The molecule has 92 valence electrons. The van der Waals surface area contributed by atoms with Crippen LogP contribution in [0, 0.1) is 6.92 Å². The lowest BCUT2D eigenvalue weighted by atomic mass is 10.3. The maximum Gasteiger partial charge on any atom is 0.234 e. The standard InChI is InChI=1S/C11H10ClN5S/c1-7-14-15-11-17(7)16-10(18-11)6-13-9-4-2-3-8(12)5-9/h2-5,13H,6H2,1H3. The van der Waals surface area contributed by atoms with E-state index in [0.29, 0.717) is 11.6 Å². The number of anilines is 1. The van der Waals surface area contributed by atoms with Crippen molar-refractivity contribution in [2.45, 2.75) is 13.5 Å². The lowest BCUT2D eigenvalue weighted by Crippen LogP contribution is -2.00. The van der Waals surface area contributed by atoms with Crippen LogP contribution in [0.1, 0.15) is 10.8 Å². The molecule has 18 heavy (non-hydrogen) atoms. The van der Waals surface area contributed by atoms with E-state index in [1.165, 1.54) is 11.3 Å². The van der Waals surface area contributed by atoms with E-state index in [1.54, 1.807) is 4.52 Å². The fourth-order valence-electron chi connectivity index (χ4n) is 1.60. The minimum atomic E-state index is 0.647. The van der Waals surface area contributed by atoms with Gasteiger partial charge in [0.05, 0.1) is 6.54 Å². The van der Waals surface area contributed by atoms with Gasteiger partial charge in [-0.3, -0.25) is 0 Å². The van der Waals surface area contributed by atoms with E-state index in [-0.39, 0.29) is 0 Å². The van der Waals surface area contributed by atoms with Crippen LogP contribution in [-0.2, 0) is 6.54 Å². The third kappa shape index (κ3) is 2.16. The molecule has 0 fully saturated rings. The van der Waals surface area contributed by atoms with Crippen molar-refractivity contribution >= 4 is 33.6 Å². The average Bonchev–Trinajstić information content (AvgIpc) is 2.90. The molecule has 7 heteroatoms. The summed E-state index contributed by atoms with van der Waals surface area (Å²) in [6, 6.07) is 7.61. The number of rotatable bonds is 3. The molecule has 3 aromatic rings. The molecule has 2 aromatic heterocycles. The lowest BCUT2D eigenvalue weighted by Gasteiger charge is -2.03. The summed E-state index contributed by atoms with van der Waals surface area (Å²) in [4.78, 5) is 0.815. The van der Waals surface area contributed by atoms with Gasteiger partial charge in [-0.15, -0.1) is 10.2 Å². The number of benzene rings is 1. The molecule has 0 unspecified atom stereocenters. The van der Waals surface area contributed by atoms with Crippen LogP contribution in [0.5, 0.6) is 0 Å². The average molecular weight is 280 g/mol. The van der Waals surface area contributed by atoms with E-state index in [2.05, 4.69) is 20.6 Å². The summed E-state index contributed by atoms with van der Waals surface area (Å²) in [5.41, 5.74) is 0.977. The quantitative estimate of drug-likeness (QED) is 0.801. The zero-order valence-electron chi connectivity index (χ0n) is 9.59. The minimum Gasteiger partial charge on any atom is -0.378 e. The number of aromatic nitrogens is 4. The third-order valence-electron chi connectivity index (χ3n) is 2.46. The summed E-state index contributed by atoms with van der Waals surface area (Å²) >= 11 is 7.44.